The molecule has 0 bridgehead atoms. The quantitative estimate of drug-likeness (QED) is 0.815. The van der Waals surface area contributed by atoms with Crippen LogP contribution in [0.1, 0.15) is 16.7 Å². The molecule has 0 saturated carbocycles. The molecule has 3 rings (SSSR count). The zero-order chi connectivity index (χ0) is 14.1. The molecule has 5 heteroatoms. The lowest BCUT2D eigenvalue weighted by Crippen LogP contribution is -2.11. The predicted molar refractivity (Wildman–Crippen MR) is 84.5 cm³/mol. The molecule has 2 aromatic carbocycles. The van der Waals surface area contributed by atoms with Gasteiger partial charge in [0.2, 0.25) is 0 Å². The third kappa shape index (κ3) is 2.18. The number of nitrogens with zero attached hydrogens (tertiary/aromatic N) is 2. The first-order valence-corrected chi connectivity index (χ1v) is 6.67. The highest BCUT2D eigenvalue weighted by atomic mass is 35.5. The number of amidine groups is 1. The Bertz CT molecular complexity index is 773. The summed E-state index contributed by atoms with van der Waals surface area (Å²) in [7, 11) is 0. The predicted octanol–water partition coefficient (Wildman–Crippen LogP) is 3.76. The van der Waals surface area contributed by atoms with Crippen LogP contribution in [0.3, 0.4) is 0 Å². The molecule has 0 radical (unpaired) electrons. The van der Waals surface area contributed by atoms with Gasteiger partial charge in [-0.05, 0) is 30.3 Å². The topological polar surface area (TPSA) is 48.2 Å². The van der Waals surface area contributed by atoms with E-state index in [9.17, 15) is 0 Å². The van der Waals surface area contributed by atoms with Crippen molar-refractivity contribution >= 4 is 40.3 Å². The fourth-order valence-corrected chi connectivity index (χ4v) is 2.49. The van der Waals surface area contributed by atoms with Crippen molar-refractivity contribution in [1.82, 2.24) is 0 Å². The number of halogens is 1. The van der Waals surface area contributed by atoms with Gasteiger partial charge in [0.05, 0.1) is 11.6 Å². The molecule has 96 valence electrons. The molecule has 1 aliphatic heterocycles. The first kappa shape index (κ1) is 12.8. The van der Waals surface area contributed by atoms with Gasteiger partial charge in [0.1, 0.15) is 10.8 Å². The van der Waals surface area contributed by atoms with E-state index in [1.54, 1.807) is 18.2 Å². The summed E-state index contributed by atoms with van der Waals surface area (Å²) in [5.74, 6) is 0.657. The Morgan fingerprint density at radius 1 is 1.15 bits per heavy atom. The Balaban J connectivity index is 1.99. The van der Waals surface area contributed by atoms with Crippen LogP contribution in [0.2, 0.25) is 5.02 Å². The Hall–Kier alpha value is -2.22. The SMILES string of the molecule is N#Cc1cccc2c1C(=S)N=C2Nc1ccc(Cl)cc1. The number of anilines is 1. The van der Waals surface area contributed by atoms with Gasteiger partial charge in [-0.2, -0.15) is 5.26 Å². The molecule has 0 unspecified atom stereocenters. The molecule has 20 heavy (non-hydrogen) atoms. The number of nitrogens with one attached hydrogen (secondary N) is 1. The Morgan fingerprint density at radius 3 is 2.60 bits per heavy atom. The van der Waals surface area contributed by atoms with E-state index in [4.69, 9.17) is 29.1 Å². The minimum absolute atomic E-state index is 0.439. The number of benzene rings is 2. The van der Waals surface area contributed by atoms with Crippen LogP contribution in [0.5, 0.6) is 0 Å². The first-order valence-electron chi connectivity index (χ1n) is 5.88. The summed E-state index contributed by atoms with van der Waals surface area (Å²) in [5.41, 5.74) is 2.99. The van der Waals surface area contributed by atoms with Gasteiger partial charge in [0, 0.05) is 21.8 Å². The smallest absolute Gasteiger partial charge is 0.140 e. The van der Waals surface area contributed by atoms with Crippen LogP contribution in [0.25, 0.3) is 0 Å². The van der Waals surface area contributed by atoms with Crippen molar-refractivity contribution < 1.29 is 0 Å². The van der Waals surface area contributed by atoms with Gasteiger partial charge in [-0.15, -0.1) is 0 Å². The minimum atomic E-state index is 0.439. The standard InChI is InChI=1S/C15H8ClN3S/c16-10-4-6-11(7-5-10)18-14-12-3-1-2-9(8-17)13(12)15(20)19-14/h1-7H,(H,18,19,20). The van der Waals surface area contributed by atoms with Gasteiger partial charge < -0.3 is 5.32 Å². The van der Waals surface area contributed by atoms with E-state index in [0.29, 0.717) is 21.4 Å². The van der Waals surface area contributed by atoms with E-state index in [0.717, 1.165) is 16.8 Å². The first-order chi connectivity index (χ1) is 9.69. The summed E-state index contributed by atoms with van der Waals surface area (Å²) in [6.07, 6.45) is 0. The van der Waals surface area contributed by atoms with Gasteiger partial charge in [0.15, 0.2) is 0 Å². The molecule has 0 spiro atoms. The summed E-state index contributed by atoms with van der Waals surface area (Å²) in [6, 6.07) is 14.9. The molecule has 1 aliphatic rings. The number of nitriles is 1. The fourth-order valence-electron chi connectivity index (χ4n) is 2.06. The van der Waals surface area contributed by atoms with Crippen molar-refractivity contribution in [3.63, 3.8) is 0 Å². The van der Waals surface area contributed by atoms with Crippen molar-refractivity contribution in [2.24, 2.45) is 4.99 Å². The largest absolute Gasteiger partial charge is 0.340 e. The van der Waals surface area contributed by atoms with Gasteiger partial charge >= 0.3 is 0 Å². The third-order valence-corrected chi connectivity index (χ3v) is 3.52. The second-order valence-corrected chi connectivity index (χ2v) is 5.06. The van der Waals surface area contributed by atoms with E-state index < -0.39 is 0 Å². The number of fused-ring (bicyclic) bond motifs is 1. The zero-order valence-electron chi connectivity index (χ0n) is 10.2. The lowest BCUT2D eigenvalue weighted by Gasteiger charge is -2.07. The Kier molecular flexibility index (Phi) is 3.23. The summed E-state index contributed by atoms with van der Waals surface area (Å²) in [6.45, 7) is 0. The summed E-state index contributed by atoms with van der Waals surface area (Å²) >= 11 is 11.1. The molecule has 1 heterocycles. The van der Waals surface area contributed by atoms with Crippen LogP contribution >= 0.6 is 23.8 Å². The maximum absolute atomic E-state index is 9.13. The van der Waals surface area contributed by atoms with E-state index >= 15 is 0 Å². The highest BCUT2D eigenvalue weighted by Crippen LogP contribution is 2.24. The number of hydrogen-bond donors (Lipinski definition) is 1. The molecule has 0 saturated heterocycles. The van der Waals surface area contributed by atoms with Crippen molar-refractivity contribution in [1.29, 1.82) is 5.26 Å². The monoisotopic (exact) mass is 297 g/mol. The van der Waals surface area contributed by atoms with Crippen molar-refractivity contribution in [3.05, 3.63) is 64.2 Å². The normalized spacial score (nSPS) is 12.6. The number of hydrogen-bond acceptors (Lipinski definition) is 3. The molecule has 3 nitrogen and oxygen atoms in total. The van der Waals surface area contributed by atoms with Gasteiger partial charge in [-0.1, -0.05) is 36.0 Å². The van der Waals surface area contributed by atoms with Crippen molar-refractivity contribution in [2.45, 2.75) is 0 Å². The maximum atomic E-state index is 9.13. The molecule has 1 N–H and O–H groups in total. The Morgan fingerprint density at radius 2 is 1.90 bits per heavy atom. The van der Waals surface area contributed by atoms with Crippen LogP contribution in [-0.4, -0.2) is 10.8 Å². The third-order valence-electron chi connectivity index (χ3n) is 2.97. The zero-order valence-corrected chi connectivity index (χ0v) is 11.8. The van der Waals surface area contributed by atoms with Crippen molar-refractivity contribution in [2.75, 3.05) is 5.32 Å². The van der Waals surface area contributed by atoms with Gasteiger partial charge in [-0.25, -0.2) is 4.99 Å². The summed E-state index contributed by atoms with van der Waals surface area (Å²) in [5, 5.41) is 13.0. The van der Waals surface area contributed by atoms with E-state index in [-0.39, 0.29) is 0 Å². The van der Waals surface area contributed by atoms with E-state index in [1.165, 1.54) is 0 Å². The fraction of sp³-hybridized carbons (Fsp3) is 0. The number of rotatable bonds is 1. The second kappa shape index (κ2) is 5.04. The van der Waals surface area contributed by atoms with Crippen molar-refractivity contribution in [3.8, 4) is 6.07 Å². The summed E-state index contributed by atoms with van der Waals surface area (Å²) < 4.78 is 0. The molecule has 0 amide bonds. The lowest BCUT2D eigenvalue weighted by atomic mass is 10.0. The van der Waals surface area contributed by atoms with Gasteiger partial charge in [0.25, 0.3) is 0 Å². The van der Waals surface area contributed by atoms with Crippen LogP contribution in [0, 0.1) is 11.3 Å². The highest BCUT2D eigenvalue weighted by molar-refractivity contribution is 7.80. The molecular weight excluding hydrogens is 290 g/mol. The van der Waals surface area contributed by atoms with E-state index in [2.05, 4.69) is 16.4 Å². The minimum Gasteiger partial charge on any atom is -0.340 e. The molecule has 0 aliphatic carbocycles. The average molecular weight is 298 g/mol. The van der Waals surface area contributed by atoms with Gasteiger partial charge in [-0.3, -0.25) is 0 Å². The molecule has 2 aromatic rings. The molecular formula is C15H8ClN3S. The van der Waals surface area contributed by atoms with Crippen LogP contribution in [-0.2, 0) is 0 Å². The maximum Gasteiger partial charge on any atom is 0.140 e. The average Bonchev–Trinajstić information content (AvgIpc) is 2.78. The summed E-state index contributed by atoms with van der Waals surface area (Å²) in [4.78, 5) is 4.77. The van der Waals surface area contributed by atoms with E-state index in [1.807, 2.05) is 24.3 Å². The second-order valence-electron chi connectivity index (χ2n) is 4.24. The van der Waals surface area contributed by atoms with Crippen LogP contribution in [0.15, 0.2) is 47.5 Å². The highest BCUT2D eigenvalue weighted by Gasteiger charge is 2.23. The molecule has 0 atom stereocenters. The molecule has 0 fully saturated rings. The van der Waals surface area contributed by atoms with Crippen LogP contribution < -0.4 is 5.32 Å². The lowest BCUT2D eigenvalue weighted by molar-refractivity contribution is 1.47. The van der Waals surface area contributed by atoms with Crippen LogP contribution in [0.4, 0.5) is 5.69 Å². The Labute approximate surface area is 126 Å². The number of aliphatic imine (C=N–C) groups is 1. The molecule has 0 aromatic heterocycles. The number of thiocarbonyl (C=S) groups is 1.